The maximum Gasteiger partial charge on any atom is 0.188 e. The maximum absolute atomic E-state index is 6.14. The second-order valence-corrected chi connectivity index (χ2v) is 5.49. The molecule has 0 unspecified atom stereocenters. The first-order valence-corrected chi connectivity index (χ1v) is 7.49. The van der Waals surface area contributed by atoms with Crippen molar-refractivity contribution in [1.29, 1.82) is 0 Å². The van der Waals surface area contributed by atoms with Gasteiger partial charge in [0.05, 0.1) is 17.8 Å². The van der Waals surface area contributed by atoms with E-state index < -0.39 is 0 Å². The zero-order valence-corrected chi connectivity index (χ0v) is 14.0. The zero-order chi connectivity index (χ0) is 14.7. The Hall–Kier alpha value is -1.82. The van der Waals surface area contributed by atoms with Gasteiger partial charge in [-0.05, 0) is 30.3 Å². The van der Waals surface area contributed by atoms with E-state index in [-0.39, 0.29) is 12.4 Å². The van der Waals surface area contributed by atoms with Crippen molar-refractivity contribution in [3.05, 3.63) is 53.0 Å². The van der Waals surface area contributed by atoms with Crippen molar-refractivity contribution in [3.8, 4) is 17.0 Å². The van der Waals surface area contributed by atoms with Crippen LogP contribution in [0.2, 0.25) is 5.02 Å². The normalized spacial score (nSPS) is 9.91. The number of hydrogen-bond acceptors (Lipinski definition) is 5. The van der Waals surface area contributed by atoms with Crippen LogP contribution in [-0.2, 0) is 0 Å². The Bertz CT molecular complexity index is 750. The van der Waals surface area contributed by atoms with Crippen LogP contribution < -0.4 is 10.1 Å². The molecular formula is C15H13Cl2N3OS. The molecule has 3 aromatic rings. The van der Waals surface area contributed by atoms with Crippen molar-refractivity contribution < 1.29 is 4.74 Å². The molecule has 3 rings (SSSR count). The molecular weight excluding hydrogens is 341 g/mol. The highest BCUT2D eigenvalue weighted by molar-refractivity contribution is 7.14. The van der Waals surface area contributed by atoms with Gasteiger partial charge in [-0.1, -0.05) is 17.7 Å². The first kappa shape index (κ1) is 16.5. The summed E-state index contributed by atoms with van der Waals surface area (Å²) >= 11 is 7.66. The van der Waals surface area contributed by atoms with E-state index in [4.69, 9.17) is 16.3 Å². The van der Waals surface area contributed by atoms with E-state index in [1.807, 2.05) is 41.8 Å². The number of thiazole rings is 1. The molecule has 0 amide bonds. The summed E-state index contributed by atoms with van der Waals surface area (Å²) in [5.41, 5.74) is 1.81. The van der Waals surface area contributed by atoms with Gasteiger partial charge in [0.15, 0.2) is 5.13 Å². The molecule has 114 valence electrons. The Morgan fingerprint density at radius 1 is 1.23 bits per heavy atom. The molecule has 0 aliphatic rings. The van der Waals surface area contributed by atoms with Crippen LogP contribution in [-0.4, -0.2) is 17.1 Å². The van der Waals surface area contributed by atoms with Crippen molar-refractivity contribution in [3.63, 3.8) is 0 Å². The van der Waals surface area contributed by atoms with Crippen LogP contribution in [0.3, 0.4) is 0 Å². The number of benzene rings is 1. The number of methoxy groups -OCH3 is 1. The van der Waals surface area contributed by atoms with E-state index in [9.17, 15) is 0 Å². The van der Waals surface area contributed by atoms with E-state index in [1.54, 1.807) is 13.3 Å². The number of halogens is 2. The number of hydrogen-bond donors (Lipinski definition) is 1. The lowest BCUT2D eigenvalue weighted by Gasteiger charge is -2.04. The maximum atomic E-state index is 6.14. The van der Waals surface area contributed by atoms with Gasteiger partial charge in [-0.3, -0.25) is 0 Å². The molecule has 0 radical (unpaired) electrons. The molecule has 0 saturated heterocycles. The third kappa shape index (κ3) is 3.68. The lowest BCUT2D eigenvalue weighted by atomic mass is 10.2. The highest BCUT2D eigenvalue weighted by Crippen LogP contribution is 2.32. The van der Waals surface area contributed by atoms with Gasteiger partial charge in [0.25, 0.3) is 0 Å². The second-order valence-electron chi connectivity index (χ2n) is 4.23. The van der Waals surface area contributed by atoms with Crippen LogP contribution in [0.4, 0.5) is 10.9 Å². The standard InChI is InChI=1S/C15H12ClN3OS.ClH/c1-20-13-6-5-10(8-11(13)16)12-9-21-15(18-12)19-14-4-2-3-7-17-14;/h2-9H,1H3,(H,17,18,19);1H. The van der Waals surface area contributed by atoms with Gasteiger partial charge >= 0.3 is 0 Å². The molecule has 7 heteroatoms. The molecule has 0 atom stereocenters. The number of rotatable bonds is 4. The highest BCUT2D eigenvalue weighted by Gasteiger charge is 2.08. The van der Waals surface area contributed by atoms with Crippen LogP contribution in [0.5, 0.6) is 5.75 Å². The average molecular weight is 354 g/mol. The van der Waals surface area contributed by atoms with Gasteiger partial charge < -0.3 is 10.1 Å². The fourth-order valence-electron chi connectivity index (χ4n) is 1.84. The fraction of sp³-hybridized carbons (Fsp3) is 0.0667. The summed E-state index contributed by atoms with van der Waals surface area (Å²) in [7, 11) is 1.60. The summed E-state index contributed by atoms with van der Waals surface area (Å²) < 4.78 is 5.15. The fourth-order valence-corrected chi connectivity index (χ4v) is 2.82. The minimum atomic E-state index is 0. The van der Waals surface area contributed by atoms with Crippen molar-refractivity contribution in [2.45, 2.75) is 0 Å². The number of nitrogens with zero attached hydrogens (tertiary/aromatic N) is 2. The highest BCUT2D eigenvalue weighted by atomic mass is 35.5. The Kier molecular flexibility index (Phi) is 5.60. The first-order chi connectivity index (χ1) is 10.3. The Morgan fingerprint density at radius 2 is 2.09 bits per heavy atom. The van der Waals surface area contributed by atoms with Gasteiger partial charge in [-0.25, -0.2) is 9.97 Å². The van der Waals surface area contributed by atoms with Crippen LogP contribution in [0.25, 0.3) is 11.3 Å². The number of pyridine rings is 1. The summed E-state index contributed by atoms with van der Waals surface area (Å²) in [4.78, 5) is 8.75. The quantitative estimate of drug-likeness (QED) is 0.714. The summed E-state index contributed by atoms with van der Waals surface area (Å²) in [6.07, 6.45) is 1.74. The second kappa shape index (κ2) is 7.45. The summed E-state index contributed by atoms with van der Waals surface area (Å²) in [6.45, 7) is 0. The SMILES string of the molecule is COc1ccc(-c2csc(Nc3ccccn3)n2)cc1Cl.Cl. The number of anilines is 2. The van der Waals surface area contributed by atoms with Crippen molar-refractivity contribution in [2.24, 2.45) is 0 Å². The monoisotopic (exact) mass is 353 g/mol. The molecule has 0 saturated carbocycles. The molecule has 1 N–H and O–H groups in total. The van der Waals surface area contributed by atoms with Crippen LogP contribution >= 0.6 is 35.3 Å². The van der Waals surface area contributed by atoms with Crippen molar-refractivity contribution in [2.75, 3.05) is 12.4 Å². The van der Waals surface area contributed by atoms with Gasteiger partial charge in [0.1, 0.15) is 11.6 Å². The minimum Gasteiger partial charge on any atom is -0.495 e. The molecule has 2 aromatic heterocycles. The molecule has 0 spiro atoms. The third-order valence-electron chi connectivity index (χ3n) is 2.85. The van der Waals surface area contributed by atoms with Crippen LogP contribution in [0.1, 0.15) is 0 Å². The molecule has 0 bridgehead atoms. The molecule has 0 aliphatic heterocycles. The van der Waals surface area contributed by atoms with E-state index in [0.717, 1.165) is 22.2 Å². The Labute approximate surface area is 143 Å². The largest absolute Gasteiger partial charge is 0.495 e. The molecule has 4 nitrogen and oxygen atoms in total. The molecule has 22 heavy (non-hydrogen) atoms. The van der Waals surface area contributed by atoms with Crippen LogP contribution in [0.15, 0.2) is 48.0 Å². The number of aromatic nitrogens is 2. The lowest BCUT2D eigenvalue weighted by molar-refractivity contribution is 0.415. The minimum absolute atomic E-state index is 0. The Morgan fingerprint density at radius 3 is 2.77 bits per heavy atom. The van der Waals surface area contributed by atoms with E-state index in [0.29, 0.717) is 10.8 Å². The smallest absolute Gasteiger partial charge is 0.188 e. The molecule has 2 heterocycles. The van der Waals surface area contributed by atoms with Gasteiger partial charge in [0, 0.05) is 17.1 Å². The number of nitrogens with one attached hydrogen (secondary N) is 1. The van der Waals surface area contributed by atoms with Gasteiger partial charge in [-0.2, -0.15) is 0 Å². The summed E-state index contributed by atoms with van der Waals surface area (Å²) in [6, 6.07) is 11.3. The van der Waals surface area contributed by atoms with Gasteiger partial charge in [-0.15, -0.1) is 23.7 Å². The van der Waals surface area contributed by atoms with Crippen molar-refractivity contribution >= 4 is 46.3 Å². The molecule has 1 aromatic carbocycles. The van der Waals surface area contributed by atoms with Crippen LogP contribution in [0, 0.1) is 0 Å². The lowest BCUT2D eigenvalue weighted by Crippen LogP contribution is -1.91. The Balaban J connectivity index is 0.00000176. The predicted octanol–water partition coefficient (Wildman–Crippen LogP) is 5.03. The predicted molar refractivity (Wildman–Crippen MR) is 93.9 cm³/mol. The average Bonchev–Trinajstić information content (AvgIpc) is 2.97. The van der Waals surface area contributed by atoms with E-state index in [1.165, 1.54) is 11.3 Å². The summed E-state index contributed by atoms with van der Waals surface area (Å²) in [5, 5.41) is 6.50. The topological polar surface area (TPSA) is 47.0 Å². The van der Waals surface area contributed by atoms with Crippen molar-refractivity contribution in [1.82, 2.24) is 9.97 Å². The zero-order valence-electron chi connectivity index (χ0n) is 11.6. The van der Waals surface area contributed by atoms with E-state index >= 15 is 0 Å². The van der Waals surface area contributed by atoms with Gasteiger partial charge in [0.2, 0.25) is 0 Å². The molecule has 0 aliphatic carbocycles. The number of ether oxygens (including phenoxy) is 1. The molecule has 0 fully saturated rings. The van der Waals surface area contributed by atoms with E-state index in [2.05, 4.69) is 15.3 Å². The first-order valence-electron chi connectivity index (χ1n) is 6.24. The summed E-state index contributed by atoms with van der Waals surface area (Å²) in [5.74, 6) is 1.42. The third-order valence-corrected chi connectivity index (χ3v) is 3.90.